The Kier molecular flexibility index (Phi) is 6.87. The fraction of sp³-hybridized carbons (Fsp3) is 0.353. The zero-order valence-electron chi connectivity index (χ0n) is 13.0. The van der Waals surface area contributed by atoms with E-state index in [1.807, 2.05) is 13.0 Å². The molecule has 1 aliphatic carbocycles. The Balaban J connectivity index is 0.00000220. The van der Waals surface area contributed by atoms with Crippen molar-refractivity contribution in [2.75, 3.05) is 0 Å². The van der Waals surface area contributed by atoms with Crippen LogP contribution in [0.15, 0.2) is 58.4 Å². The summed E-state index contributed by atoms with van der Waals surface area (Å²) in [6.45, 7) is 4.18. The molecule has 0 spiro atoms. The maximum Gasteiger partial charge on any atom is 1.00 e. The number of benzene rings is 1. The van der Waals surface area contributed by atoms with Gasteiger partial charge >= 0.3 is 18.9 Å². The van der Waals surface area contributed by atoms with E-state index >= 15 is 0 Å². The largest absolute Gasteiger partial charge is 1.00 e. The van der Waals surface area contributed by atoms with Crippen molar-refractivity contribution in [1.29, 1.82) is 0 Å². The SMILES string of the molecule is CC1=CCC([C-](C)C=CS(=O)(=O)c2ccccc2)CC1.[Li+]. The second-order valence-corrected chi connectivity index (χ2v) is 7.26. The van der Waals surface area contributed by atoms with Crippen LogP contribution in [0.1, 0.15) is 33.1 Å². The fourth-order valence-electron chi connectivity index (χ4n) is 2.40. The van der Waals surface area contributed by atoms with Crippen LogP contribution in [0.4, 0.5) is 0 Å². The van der Waals surface area contributed by atoms with Gasteiger partial charge in [0, 0.05) is 0 Å². The number of allylic oxidation sites excluding steroid dienone is 3. The van der Waals surface area contributed by atoms with E-state index in [4.69, 9.17) is 0 Å². The first kappa shape index (κ1) is 18.2. The van der Waals surface area contributed by atoms with Crippen molar-refractivity contribution in [1.82, 2.24) is 0 Å². The maximum absolute atomic E-state index is 12.2. The molecule has 0 heterocycles. The number of rotatable bonds is 4. The monoisotopic (exact) mass is 296 g/mol. The summed E-state index contributed by atoms with van der Waals surface area (Å²) >= 11 is 0. The van der Waals surface area contributed by atoms with Crippen LogP contribution in [0, 0.1) is 11.8 Å². The summed E-state index contributed by atoms with van der Waals surface area (Å²) in [4.78, 5) is 0.350. The van der Waals surface area contributed by atoms with E-state index < -0.39 is 9.84 Å². The zero-order valence-corrected chi connectivity index (χ0v) is 13.9. The second-order valence-electron chi connectivity index (χ2n) is 5.43. The Hall–Kier alpha value is -0.883. The van der Waals surface area contributed by atoms with Crippen LogP contribution >= 0.6 is 0 Å². The summed E-state index contributed by atoms with van der Waals surface area (Å²) in [7, 11) is -3.32. The Morgan fingerprint density at radius 2 is 1.90 bits per heavy atom. The minimum absolute atomic E-state index is 0. The first-order chi connectivity index (χ1) is 9.49. The molecule has 1 aromatic rings. The first-order valence-corrected chi connectivity index (χ1v) is 8.51. The Morgan fingerprint density at radius 1 is 1.24 bits per heavy atom. The molecule has 1 aromatic carbocycles. The first-order valence-electron chi connectivity index (χ1n) is 6.96. The molecular weight excluding hydrogens is 275 g/mol. The predicted molar refractivity (Wildman–Crippen MR) is 82.8 cm³/mol. The van der Waals surface area contributed by atoms with E-state index in [-0.39, 0.29) is 18.9 Å². The molecule has 108 valence electrons. The van der Waals surface area contributed by atoms with Gasteiger partial charge in [-0.1, -0.05) is 42.2 Å². The molecule has 0 saturated heterocycles. The van der Waals surface area contributed by atoms with Gasteiger partial charge in [0.25, 0.3) is 0 Å². The van der Waals surface area contributed by atoms with Crippen molar-refractivity contribution in [2.45, 2.75) is 38.0 Å². The number of hydrogen-bond acceptors (Lipinski definition) is 2. The van der Waals surface area contributed by atoms with Gasteiger partial charge in [0.1, 0.15) is 9.84 Å². The van der Waals surface area contributed by atoms with Gasteiger partial charge in [-0.2, -0.15) is 0 Å². The van der Waals surface area contributed by atoms with Crippen LogP contribution in [0.2, 0.25) is 0 Å². The van der Waals surface area contributed by atoms with Gasteiger partial charge in [-0.25, -0.2) is 20.4 Å². The normalized spacial score (nSPS) is 19.0. The van der Waals surface area contributed by atoms with Crippen LogP contribution in [-0.2, 0) is 9.84 Å². The molecule has 4 heteroatoms. The van der Waals surface area contributed by atoms with E-state index in [2.05, 4.69) is 13.0 Å². The molecule has 2 rings (SSSR count). The smallest absolute Gasteiger partial charge is 0.238 e. The van der Waals surface area contributed by atoms with Gasteiger partial charge in [0.2, 0.25) is 0 Å². The van der Waals surface area contributed by atoms with Crippen molar-refractivity contribution < 1.29 is 27.3 Å². The van der Waals surface area contributed by atoms with E-state index in [1.165, 1.54) is 11.0 Å². The maximum atomic E-state index is 12.2. The summed E-state index contributed by atoms with van der Waals surface area (Å²) in [5.74, 6) is 1.62. The van der Waals surface area contributed by atoms with E-state index in [1.54, 1.807) is 30.3 Å². The Labute approximate surface area is 140 Å². The van der Waals surface area contributed by atoms with Gasteiger partial charge in [-0.15, -0.1) is 12.3 Å². The molecule has 2 nitrogen and oxygen atoms in total. The topological polar surface area (TPSA) is 34.1 Å². The van der Waals surface area contributed by atoms with E-state index in [9.17, 15) is 8.42 Å². The van der Waals surface area contributed by atoms with Gasteiger partial charge in [-0.3, -0.25) is 0 Å². The minimum atomic E-state index is -3.32. The van der Waals surface area contributed by atoms with Crippen molar-refractivity contribution in [3.05, 3.63) is 59.4 Å². The van der Waals surface area contributed by atoms with Crippen molar-refractivity contribution in [3.8, 4) is 0 Å². The molecule has 0 amide bonds. The predicted octanol–water partition coefficient (Wildman–Crippen LogP) is 1.32. The molecule has 0 aliphatic heterocycles. The molecule has 21 heavy (non-hydrogen) atoms. The van der Waals surface area contributed by atoms with Crippen LogP contribution in [-0.4, -0.2) is 8.42 Å². The molecule has 0 radical (unpaired) electrons. The number of hydrogen-bond donors (Lipinski definition) is 0. The third-order valence-electron chi connectivity index (χ3n) is 3.86. The third-order valence-corrected chi connectivity index (χ3v) is 5.29. The van der Waals surface area contributed by atoms with Crippen LogP contribution < -0.4 is 18.9 Å². The van der Waals surface area contributed by atoms with Crippen LogP contribution in [0.25, 0.3) is 0 Å². The van der Waals surface area contributed by atoms with Crippen LogP contribution in [0.3, 0.4) is 0 Å². The van der Waals surface area contributed by atoms with Crippen molar-refractivity contribution >= 4 is 9.84 Å². The third kappa shape index (κ3) is 5.11. The summed E-state index contributed by atoms with van der Waals surface area (Å²) in [6.07, 6.45) is 7.28. The van der Waals surface area contributed by atoms with Crippen molar-refractivity contribution in [3.63, 3.8) is 0 Å². The fourth-order valence-corrected chi connectivity index (χ4v) is 3.49. The molecule has 1 atom stereocenters. The molecule has 0 fully saturated rings. The summed E-state index contributed by atoms with van der Waals surface area (Å²) < 4.78 is 24.3. The minimum Gasteiger partial charge on any atom is -0.238 e. The second kappa shape index (κ2) is 7.94. The quantitative estimate of drug-likeness (QED) is 0.477. The van der Waals surface area contributed by atoms with E-state index in [0.717, 1.165) is 25.2 Å². The van der Waals surface area contributed by atoms with Gasteiger partial charge < -0.3 is 0 Å². The van der Waals surface area contributed by atoms with Crippen LogP contribution in [0.5, 0.6) is 0 Å². The summed E-state index contributed by atoms with van der Waals surface area (Å²) in [6, 6.07) is 8.55. The van der Waals surface area contributed by atoms with Gasteiger partial charge in [0.05, 0.1) is 4.90 Å². The van der Waals surface area contributed by atoms with Gasteiger partial charge in [0.15, 0.2) is 0 Å². The zero-order chi connectivity index (χ0) is 14.6. The molecule has 0 aromatic heterocycles. The summed E-state index contributed by atoms with van der Waals surface area (Å²) in [5, 5.41) is 1.34. The molecule has 1 aliphatic rings. The van der Waals surface area contributed by atoms with E-state index in [0.29, 0.717) is 10.8 Å². The average molecular weight is 296 g/mol. The summed E-state index contributed by atoms with van der Waals surface area (Å²) in [5.41, 5.74) is 1.44. The molecule has 0 N–H and O–H groups in total. The number of sulfone groups is 1. The van der Waals surface area contributed by atoms with Gasteiger partial charge in [-0.05, 0) is 31.9 Å². The van der Waals surface area contributed by atoms with Crippen molar-refractivity contribution in [2.24, 2.45) is 5.92 Å². The standard InChI is InChI=1S/C17H21O2S.Li/c1-14-8-10-16(11-9-14)15(2)12-13-20(18,19)17-6-4-3-5-7-17;/h3-8,12-13,16H,9-11H2,1-2H3;/q-1;+1. The Morgan fingerprint density at radius 3 is 2.48 bits per heavy atom. The molecule has 1 unspecified atom stereocenters. The molecular formula is C17H21LiO2S. The molecule has 0 saturated carbocycles. The Bertz CT molecular complexity index is 603. The average Bonchev–Trinajstić information content (AvgIpc) is 2.46. The molecule has 0 bridgehead atoms.